The van der Waals surface area contributed by atoms with Gasteiger partial charge in [-0.1, -0.05) is 12.1 Å². The Labute approximate surface area is 77.3 Å². The number of carbonyl (C=O) groups is 1. The highest BCUT2D eigenvalue weighted by atomic mass is 16.5. The summed E-state index contributed by atoms with van der Waals surface area (Å²) in [5, 5.41) is 6.30. The lowest BCUT2D eigenvalue weighted by molar-refractivity contribution is 0.0873. The van der Waals surface area contributed by atoms with Crippen molar-refractivity contribution in [3.63, 3.8) is 0 Å². The van der Waals surface area contributed by atoms with Gasteiger partial charge in [0.05, 0.1) is 6.20 Å². The summed E-state index contributed by atoms with van der Waals surface area (Å²) in [5.74, 6) is 0.0332. The van der Waals surface area contributed by atoms with E-state index in [1.807, 2.05) is 20.8 Å². The second kappa shape index (κ2) is 3.60. The van der Waals surface area contributed by atoms with Gasteiger partial charge in [-0.3, -0.25) is 4.79 Å². The van der Waals surface area contributed by atoms with Gasteiger partial charge in [-0.2, -0.15) is 0 Å². The molecule has 1 aromatic rings. The van der Waals surface area contributed by atoms with Crippen LogP contribution in [0.1, 0.15) is 37.7 Å². The molecule has 4 nitrogen and oxygen atoms in total. The van der Waals surface area contributed by atoms with Gasteiger partial charge in [0.15, 0.2) is 0 Å². The quantitative estimate of drug-likeness (QED) is 0.772. The van der Waals surface area contributed by atoms with E-state index in [1.54, 1.807) is 6.07 Å². The predicted octanol–water partition coefficient (Wildman–Crippen LogP) is 1.59. The highest BCUT2D eigenvalue weighted by Gasteiger charge is 2.20. The fraction of sp³-hybridized carbons (Fsp3) is 0.556. The van der Waals surface area contributed by atoms with E-state index in [1.165, 1.54) is 6.20 Å². The first kappa shape index (κ1) is 9.77. The average Bonchev–Trinajstić information content (AvgIpc) is 2.55. The van der Waals surface area contributed by atoms with Crippen molar-refractivity contribution >= 4 is 5.91 Å². The van der Waals surface area contributed by atoms with E-state index < -0.39 is 0 Å². The van der Waals surface area contributed by atoms with Gasteiger partial charge in [0, 0.05) is 11.6 Å². The van der Waals surface area contributed by atoms with E-state index in [9.17, 15) is 4.79 Å². The Bertz CT molecular complexity index is 278. The van der Waals surface area contributed by atoms with E-state index >= 15 is 0 Å². The van der Waals surface area contributed by atoms with Crippen LogP contribution in [-0.2, 0) is 0 Å². The van der Waals surface area contributed by atoms with Gasteiger partial charge in [0.25, 0.3) is 5.91 Å². The molecule has 0 unspecified atom stereocenters. The number of rotatable bonds is 3. The molecule has 1 rings (SSSR count). The highest BCUT2D eigenvalue weighted by molar-refractivity contribution is 5.91. The number of nitrogens with one attached hydrogen (secondary N) is 1. The minimum absolute atomic E-state index is 0.204. The maximum Gasteiger partial charge on any atom is 0.290 e. The minimum Gasteiger partial charge on any atom is -0.351 e. The molecule has 0 aliphatic rings. The Balaban J connectivity index is 2.61. The van der Waals surface area contributed by atoms with Gasteiger partial charge in [0.2, 0.25) is 5.76 Å². The number of hydrogen-bond acceptors (Lipinski definition) is 3. The summed E-state index contributed by atoms with van der Waals surface area (Å²) in [4.78, 5) is 11.4. The van der Waals surface area contributed by atoms with E-state index in [-0.39, 0.29) is 17.2 Å². The van der Waals surface area contributed by atoms with Gasteiger partial charge in [-0.15, -0.1) is 0 Å². The zero-order valence-electron chi connectivity index (χ0n) is 8.13. The molecule has 13 heavy (non-hydrogen) atoms. The normalized spacial score (nSPS) is 11.3. The van der Waals surface area contributed by atoms with E-state index in [0.717, 1.165) is 6.42 Å². The Hall–Kier alpha value is -1.32. The molecule has 1 heterocycles. The summed E-state index contributed by atoms with van der Waals surface area (Å²) in [6.07, 6.45) is 2.32. The molecule has 0 atom stereocenters. The minimum atomic E-state index is -0.218. The molecule has 1 aromatic heterocycles. The third-order valence-corrected chi connectivity index (χ3v) is 2.00. The van der Waals surface area contributed by atoms with E-state index in [0.29, 0.717) is 0 Å². The van der Waals surface area contributed by atoms with Crippen LogP contribution in [0.15, 0.2) is 16.8 Å². The van der Waals surface area contributed by atoms with Crippen molar-refractivity contribution in [2.75, 3.05) is 0 Å². The first-order valence-electron chi connectivity index (χ1n) is 4.28. The fourth-order valence-corrected chi connectivity index (χ4v) is 0.790. The zero-order chi connectivity index (χ0) is 9.90. The summed E-state index contributed by atoms with van der Waals surface area (Å²) < 4.78 is 4.72. The first-order chi connectivity index (χ1) is 6.05. The van der Waals surface area contributed by atoms with Crippen molar-refractivity contribution in [1.29, 1.82) is 0 Å². The summed E-state index contributed by atoms with van der Waals surface area (Å²) in [6, 6.07) is 1.54. The van der Waals surface area contributed by atoms with Crippen LogP contribution in [0.5, 0.6) is 0 Å². The maximum atomic E-state index is 11.4. The fourth-order valence-electron chi connectivity index (χ4n) is 0.790. The van der Waals surface area contributed by atoms with Crippen LogP contribution in [-0.4, -0.2) is 16.6 Å². The third kappa shape index (κ3) is 2.57. The Morgan fingerprint density at radius 1 is 1.69 bits per heavy atom. The molecule has 1 N–H and O–H groups in total. The average molecular weight is 182 g/mol. The van der Waals surface area contributed by atoms with Crippen LogP contribution in [0.4, 0.5) is 0 Å². The van der Waals surface area contributed by atoms with Gasteiger partial charge < -0.3 is 9.84 Å². The predicted molar refractivity (Wildman–Crippen MR) is 48.3 cm³/mol. The zero-order valence-corrected chi connectivity index (χ0v) is 8.13. The largest absolute Gasteiger partial charge is 0.351 e. The lowest BCUT2D eigenvalue weighted by atomic mass is 10.0. The first-order valence-corrected chi connectivity index (χ1v) is 4.28. The third-order valence-electron chi connectivity index (χ3n) is 2.00. The number of nitrogens with zero attached hydrogens (tertiary/aromatic N) is 1. The van der Waals surface area contributed by atoms with Crippen LogP contribution in [0.25, 0.3) is 0 Å². The second-order valence-corrected chi connectivity index (χ2v) is 3.57. The molecule has 72 valence electrons. The molecule has 4 heteroatoms. The number of aromatic nitrogens is 1. The van der Waals surface area contributed by atoms with E-state index in [2.05, 4.69) is 10.5 Å². The molecule has 0 aliphatic carbocycles. The summed E-state index contributed by atoms with van der Waals surface area (Å²) in [6.45, 7) is 5.93. The molecule has 0 aliphatic heterocycles. The van der Waals surface area contributed by atoms with Crippen molar-refractivity contribution in [2.24, 2.45) is 0 Å². The summed E-state index contributed by atoms with van der Waals surface area (Å²) >= 11 is 0. The molecule has 0 saturated heterocycles. The Morgan fingerprint density at radius 3 is 2.85 bits per heavy atom. The molecule has 0 spiro atoms. The number of carbonyl (C=O) groups excluding carboxylic acids is 1. The van der Waals surface area contributed by atoms with Crippen LogP contribution >= 0.6 is 0 Å². The molecule has 0 bridgehead atoms. The lowest BCUT2D eigenvalue weighted by Crippen LogP contribution is -2.42. The monoisotopic (exact) mass is 182 g/mol. The number of hydrogen-bond donors (Lipinski definition) is 1. The summed E-state index contributed by atoms with van der Waals surface area (Å²) in [7, 11) is 0. The van der Waals surface area contributed by atoms with Gasteiger partial charge in [-0.25, -0.2) is 0 Å². The smallest absolute Gasteiger partial charge is 0.290 e. The van der Waals surface area contributed by atoms with Gasteiger partial charge >= 0.3 is 0 Å². The van der Waals surface area contributed by atoms with Crippen molar-refractivity contribution < 1.29 is 9.32 Å². The van der Waals surface area contributed by atoms with Gasteiger partial charge in [-0.05, 0) is 20.3 Å². The summed E-state index contributed by atoms with van der Waals surface area (Å²) in [5.41, 5.74) is -0.204. The van der Waals surface area contributed by atoms with E-state index in [4.69, 9.17) is 4.52 Å². The van der Waals surface area contributed by atoms with Crippen LogP contribution in [0, 0.1) is 0 Å². The van der Waals surface area contributed by atoms with Gasteiger partial charge in [0.1, 0.15) is 0 Å². The topological polar surface area (TPSA) is 55.1 Å². The Kier molecular flexibility index (Phi) is 2.70. The van der Waals surface area contributed by atoms with Crippen LogP contribution in [0.3, 0.4) is 0 Å². The maximum absolute atomic E-state index is 11.4. The Morgan fingerprint density at radius 2 is 2.38 bits per heavy atom. The van der Waals surface area contributed by atoms with Crippen molar-refractivity contribution in [3.8, 4) is 0 Å². The molecular formula is C9H14N2O2. The van der Waals surface area contributed by atoms with Crippen molar-refractivity contribution in [3.05, 3.63) is 18.0 Å². The standard InChI is InChI=1S/C9H14N2O2/c1-4-9(2,3)11-8(12)7-5-6-10-13-7/h5-6H,4H2,1-3H3,(H,11,12). The molecule has 0 saturated carbocycles. The highest BCUT2D eigenvalue weighted by Crippen LogP contribution is 2.08. The molecule has 0 radical (unpaired) electrons. The molecule has 0 fully saturated rings. The van der Waals surface area contributed by atoms with Crippen LogP contribution < -0.4 is 5.32 Å². The van der Waals surface area contributed by atoms with Crippen molar-refractivity contribution in [2.45, 2.75) is 32.7 Å². The van der Waals surface area contributed by atoms with Crippen molar-refractivity contribution in [1.82, 2.24) is 10.5 Å². The number of amides is 1. The second-order valence-electron chi connectivity index (χ2n) is 3.57. The van der Waals surface area contributed by atoms with Crippen LogP contribution in [0.2, 0.25) is 0 Å². The molecule has 1 amide bonds. The lowest BCUT2D eigenvalue weighted by Gasteiger charge is -2.23. The SMILES string of the molecule is CCC(C)(C)NC(=O)c1ccno1. The molecular weight excluding hydrogens is 168 g/mol. The molecule has 0 aromatic carbocycles.